The van der Waals surface area contributed by atoms with Gasteiger partial charge in [-0.15, -0.1) is 0 Å². The van der Waals surface area contributed by atoms with Crippen LogP contribution in [0.25, 0.3) is 5.69 Å². The van der Waals surface area contributed by atoms with Gasteiger partial charge in [0.05, 0.1) is 17.8 Å². The number of aromatic amines is 1. The fourth-order valence-electron chi connectivity index (χ4n) is 1.50. The minimum atomic E-state index is -1.26. The molecule has 1 aromatic carbocycles. The maximum absolute atomic E-state index is 13.5. The van der Waals surface area contributed by atoms with Gasteiger partial charge in [-0.3, -0.25) is 9.78 Å². The summed E-state index contributed by atoms with van der Waals surface area (Å²) in [6.45, 7) is 0. The van der Waals surface area contributed by atoms with Gasteiger partial charge >= 0.3 is 5.69 Å². The molecule has 100 valence electrons. The molecule has 2 aromatic rings. The van der Waals surface area contributed by atoms with Gasteiger partial charge < -0.3 is 4.74 Å². The second kappa shape index (κ2) is 5.07. The minimum Gasteiger partial charge on any atom is -0.497 e. The van der Waals surface area contributed by atoms with Crippen LogP contribution in [0.2, 0.25) is 10.2 Å². The number of hydrogen-bond donors (Lipinski definition) is 1. The molecule has 0 fully saturated rings. The molecule has 0 spiro atoms. The molecule has 1 heterocycles. The molecule has 19 heavy (non-hydrogen) atoms. The van der Waals surface area contributed by atoms with Gasteiger partial charge in [0, 0.05) is 6.07 Å². The van der Waals surface area contributed by atoms with Crippen LogP contribution in [0.1, 0.15) is 0 Å². The van der Waals surface area contributed by atoms with Gasteiger partial charge in [0.2, 0.25) is 5.82 Å². The monoisotopic (exact) mass is 304 g/mol. The summed E-state index contributed by atoms with van der Waals surface area (Å²) in [7, 11) is 1.41. The van der Waals surface area contributed by atoms with Crippen LogP contribution in [0.15, 0.2) is 27.8 Å². The smallest absolute Gasteiger partial charge is 0.334 e. The summed E-state index contributed by atoms with van der Waals surface area (Å²) in [5.74, 6) is -0.902. The van der Waals surface area contributed by atoms with Crippen molar-refractivity contribution in [1.82, 2.24) is 9.55 Å². The highest BCUT2D eigenvalue weighted by molar-refractivity contribution is 6.32. The number of ether oxygens (including phenoxy) is 1. The Morgan fingerprint density at radius 1 is 1.32 bits per heavy atom. The molecule has 0 aliphatic carbocycles. The van der Waals surface area contributed by atoms with E-state index in [1.54, 1.807) is 0 Å². The van der Waals surface area contributed by atoms with Crippen LogP contribution >= 0.6 is 23.2 Å². The van der Waals surface area contributed by atoms with Gasteiger partial charge in [0.15, 0.2) is 5.15 Å². The van der Waals surface area contributed by atoms with Crippen molar-refractivity contribution in [2.45, 2.75) is 0 Å². The highest BCUT2D eigenvalue weighted by Gasteiger charge is 2.16. The lowest BCUT2D eigenvalue weighted by molar-refractivity contribution is 0.414. The quantitative estimate of drug-likeness (QED) is 0.863. The third-order valence-electron chi connectivity index (χ3n) is 2.40. The summed E-state index contributed by atoms with van der Waals surface area (Å²) >= 11 is 11.3. The Morgan fingerprint density at radius 2 is 2.00 bits per heavy atom. The first kappa shape index (κ1) is 13.6. The Kier molecular flexibility index (Phi) is 3.64. The number of hydrogen-bond acceptors (Lipinski definition) is 3. The predicted molar refractivity (Wildman–Crippen MR) is 69.2 cm³/mol. The SMILES string of the molecule is COc1ccc(Cl)c(-n2c(=O)[nH]c(Cl)c(F)c2=O)c1. The predicted octanol–water partition coefficient (Wildman–Crippen LogP) is 1.98. The molecule has 2 rings (SSSR count). The van der Waals surface area contributed by atoms with Crippen LogP contribution in [0.3, 0.4) is 0 Å². The van der Waals surface area contributed by atoms with E-state index in [1.165, 1.54) is 25.3 Å². The van der Waals surface area contributed by atoms with E-state index in [-0.39, 0.29) is 10.7 Å². The van der Waals surface area contributed by atoms with Gasteiger partial charge in [0.25, 0.3) is 5.56 Å². The lowest BCUT2D eigenvalue weighted by Gasteiger charge is -2.09. The van der Waals surface area contributed by atoms with Crippen LogP contribution in [0, 0.1) is 5.82 Å². The van der Waals surface area contributed by atoms with Crippen LogP contribution in [0.5, 0.6) is 5.75 Å². The van der Waals surface area contributed by atoms with Crippen molar-refractivity contribution in [3.05, 3.63) is 55.0 Å². The largest absolute Gasteiger partial charge is 0.497 e. The molecule has 0 amide bonds. The molecule has 0 radical (unpaired) electrons. The molecule has 0 unspecified atom stereocenters. The molecule has 0 aliphatic rings. The van der Waals surface area contributed by atoms with E-state index < -0.39 is 22.2 Å². The molecule has 5 nitrogen and oxygen atoms in total. The third-order valence-corrected chi connectivity index (χ3v) is 2.98. The van der Waals surface area contributed by atoms with Crippen LogP contribution in [-0.2, 0) is 0 Å². The van der Waals surface area contributed by atoms with E-state index in [0.29, 0.717) is 10.3 Å². The van der Waals surface area contributed by atoms with E-state index >= 15 is 0 Å². The fraction of sp³-hybridized carbons (Fsp3) is 0.0909. The van der Waals surface area contributed by atoms with E-state index in [4.69, 9.17) is 27.9 Å². The van der Waals surface area contributed by atoms with Crippen LogP contribution in [-0.4, -0.2) is 16.7 Å². The topological polar surface area (TPSA) is 64.1 Å². The first-order valence-corrected chi connectivity index (χ1v) is 5.75. The second-order valence-corrected chi connectivity index (χ2v) is 4.30. The first-order chi connectivity index (χ1) is 8.95. The first-order valence-electron chi connectivity index (χ1n) is 5.00. The number of nitrogens with zero attached hydrogens (tertiary/aromatic N) is 1. The van der Waals surface area contributed by atoms with E-state index in [2.05, 4.69) is 0 Å². The van der Waals surface area contributed by atoms with Crippen LogP contribution in [0.4, 0.5) is 4.39 Å². The highest BCUT2D eigenvalue weighted by Crippen LogP contribution is 2.23. The molecular formula is C11H7Cl2FN2O3. The number of benzene rings is 1. The summed E-state index contributed by atoms with van der Waals surface area (Å²) < 4.78 is 19.0. The number of halogens is 3. The number of rotatable bonds is 2. The average molecular weight is 305 g/mol. The molecule has 0 aliphatic heterocycles. The zero-order valence-corrected chi connectivity index (χ0v) is 11.0. The molecule has 0 atom stereocenters. The molecule has 1 aromatic heterocycles. The number of nitrogens with one attached hydrogen (secondary N) is 1. The molecular weight excluding hydrogens is 298 g/mol. The van der Waals surface area contributed by atoms with E-state index in [1.807, 2.05) is 4.98 Å². The zero-order chi connectivity index (χ0) is 14.2. The van der Waals surface area contributed by atoms with Gasteiger partial charge in [0.1, 0.15) is 5.75 Å². The molecule has 0 bridgehead atoms. The third kappa shape index (κ3) is 2.36. The molecule has 0 saturated carbocycles. The average Bonchev–Trinajstić information content (AvgIpc) is 2.38. The number of methoxy groups -OCH3 is 1. The van der Waals surface area contributed by atoms with Gasteiger partial charge in [-0.05, 0) is 12.1 Å². The Hall–Kier alpha value is -1.79. The summed E-state index contributed by atoms with van der Waals surface area (Å²) in [5, 5.41) is -0.555. The Morgan fingerprint density at radius 3 is 2.63 bits per heavy atom. The van der Waals surface area contributed by atoms with Gasteiger partial charge in [-0.25, -0.2) is 9.36 Å². The summed E-state index contributed by atoms with van der Waals surface area (Å²) in [6.07, 6.45) is 0. The highest BCUT2D eigenvalue weighted by atomic mass is 35.5. The molecule has 1 N–H and O–H groups in total. The van der Waals surface area contributed by atoms with Crippen molar-refractivity contribution < 1.29 is 9.13 Å². The van der Waals surface area contributed by atoms with E-state index in [0.717, 1.165) is 0 Å². The maximum Gasteiger partial charge on any atom is 0.334 e. The van der Waals surface area contributed by atoms with Crippen molar-refractivity contribution in [3.8, 4) is 11.4 Å². The molecule has 0 saturated heterocycles. The minimum absolute atomic E-state index is 0.00262. The normalized spacial score (nSPS) is 10.5. The lowest BCUT2D eigenvalue weighted by Crippen LogP contribution is -2.36. The van der Waals surface area contributed by atoms with Crippen molar-refractivity contribution >= 4 is 23.2 Å². The van der Waals surface area contributed by atoms with Crippen LogP contribution < -0.4 is 16.0 Å². The maximum atomic E-state index is 13.5. The summed E-state index contributed by atoms with van der Waals surface area (Å²) in [6, 6.07) is 4.30. The Bertz CT molecular complexity index is 755. The second-order valence-electron chi connectivity index (χ2n) is 3.52. The van der Waals surface area contributed by atoms with Crippen molar-refractivity contribution in [2.75, 3.05) is 7.11 Å². The Labute approximate surface area is 116 Å². The van der Waals surface area contributed by atoms with Crippen molar-refractivity contribution in [1.29, 1.82) is 0 Å². The van der Waals surface area contributed by atoms with Gasteiger partial charge in [-0.1, -0.05) is 23.2 Å². The lowest BCUT2D eigenvalue weighted by atomic mass is 10.3. The standard InChI is InChI=1S/C11H7Cl2FN2O3/c1-19-5-2-3-6(12)7(4-5)16-10(17)8(14)9(13)15-11(16)18/h2-4H,1H3,(H,15,18). The summed E-state index contributed by atoms with van der Waals surface area (Å²) in [4.78, 5) is 25.5. The fourth-order valence-corrected chi connectivity index (χ4v) is 1.86. The Balaban J connectivity index is 2.83. The zero-order valence-electron chi connectivity index (χ0n) is 9.54. The number of H-pyrrole nitrogens is 1. The molecule has 8 heteroatoms. The van der Waals surface area contributed by atoms with E-state index in [9.17, 15) is 14.0 Å². The van der Waals surface area contributed by atoms with Crippen molar-refractivity contribution in [3.63, 3.8) is 0 Å². The summed E-state index contributed by atoms with van der Waals surface area (Å²) in [5.41, 5.74) is -2.08. The van der Waals surface area contributed by atoms with Gasteiger partial charge in [-0.2, -0.15) is 4.39 Å². The van der Waals surface area contributed by atoms with Crippen molar-refractivity contribution in [2.24, 2.45) is 0 Å². The number of aromatic nitrogens is 2.